The largest absolute Gasteiger partial charge is 0.434 e. The van der Waals surface area contributed by atoms with Gasteiger partial charge in [-0.05, 0) is 37.3 Å². The predicted octanol–water partition coefficient (Wildman–Crippen LogP) is 4.34. The Morgan fingerprint density at radius 3 is 2.67 bits per heavy atom. The quantitative estimate of drug-likeness (QED) is 0.686. The summed E-state index contributed by atoms with van der Waals surface area (Å²) in [4.78, 5) is 24.3. The second-order valence-corrected chi connectivity index (χ2v) is 5.72. The standard InChI is InChI=1S/C19H17ClF2N2O3/c1-2-23-18(26)14-11-13(20)8-9-15(14)24-17(25)10-7-12-5-3-4-6-16(12)27-19(21)22/h3-11,19H,2H2,1H3,(H,23,26)(H,24,25)/b10-7+. The van der Waals surface area contributed by atoms with E-state index in [0.29, 0.717) is 17.1 Å². The van der Waals surface area contributed by atoms with Gasteiger partial charge in [0.15, 0.2) is 0 Å². The topological polar surface area (TPSA) is 67.4 Å². The van der Waals surface area contributed by atoms with Crippen LogP contribution in [0.1, 0.15) is 22.8 Å². The van der Waals surface area contributed by atoms with Crippen molar-refractivity contribution in [2.75, 3.05) is 11.9 Å². The van der Waals surface area contributed by atoms with E-state index in [0.717, 1.165) is 6.08 Å². The Morgan fingerprint density at radius 2 is 1.96 bits per heavy atom. The minimum absolute atomic E-state index is 0.0499. The van der Waals surface area contributed by atoms with Gasteiger partial charge >= 0.3 is 6.61 Å². The van der Waals surface area contributed by atoms with Gasteiger partial charge in [0.05, 0.1) is 11.3 Å². The lowest BCUT2D eigenvalue weighted by Gasteiger charge is -2.10. The maximum absolute atomic E-state index is 12.4. The Hall–Kier alpha value is -2.93. The van der Waals surface area contributed by atoms with Crippen LogP contribution in [0.5, 0.6) is 5.75 Å². The third kappa shape index (κ3) is 6.07. The van der Waals surface area contributed by atoms with Crippen LogP contribution in [-0.2, 0) is 4.79 Å². The van der Waals surface area contributed by atoms with Crippen molar-refractivity contribution < 1.29 is 23.1 Å². The van der Waals surface area contributed by atoms with Crippen LogP contribution in [0.15, 0.2) is 48.5 Å². The SMILES string of the molecule is CCNC(=O)c1cc(Cl)ccc1NC(=O)/C=C/c1ccccc1OC(F)F. The van der Waals surface area contributed by atoms with Crippen LogP contribution >= 0.6 is 11.6 Å². The summed E-state index contributed by atoms with van der Waals surface area (Å²) in [7, 11) is 0. The molecule has 0 heterocycles. The van der Waals surface area contributed by atoms with Crippen LogP contribution in [0.4, 0.5) is 14.5 Å². The number of halogens is 3. The number of hydrogen-bond acceptors (Lipinski definition) is 3. The summed E-state index contributed by atoms with van der Waals surface area (Å²) in [5.41, 5.74) is 0.803. The molecule has 2 aromatic carbocycles. The van der Waals surface area contributed by atoms with Gasteiger partial charge in [0, 0.05) is 23.2 Å². The first-order valence-electron chi connectivity index (χ1n) is 8.01. The first-order valence-corrected chi connectivity index (χ1v) is 8.39. The Labute approximate surface area is 160 Å². The molecule has 0 fully saturated rings. The zero-order valence-electron chi connectivity index (χ0n) is 14.3. The van der Waals surface area contributed by atoms with Gasteiger partial charge in [-0.1, -0.05) is 29.8 Å². The summed E-state index contributed by atoms with van der Waals surface area (Å²) < 4.78 is 29.3. The first kappa shape index (κ1) is 20.4. The molecule has 0 saturated carbocycles. The Balaban J connectivity index is 2.17. The zero-order valence-corrected chi connectivity index (χ0v) is 15.1. The van der Waals surface area contributed by atoms with E-state index >= 15 is 0 Å². The molecular formula is C19H17ClF2N2O3. The van der Waals surface area contributed by atoms with E-state index in [4.69, 9.17) is 11.6 Å². The fourth-order valence-corrected chi connectivity index (χ4v) is 2.40. The number of ether oxygens (including phenoxy) is 1. The van der Waals surface area contributed by atoms with E-state index in [-0.39, 0.29) is 22.9 Å². The number of benzene rings is 2. The van der Waals surface area contributed by atoms with Crippen molar-refractivity contribution in [1.29, 1.82) is 0 Å². The number of nitrogens with one attached hydrogen (secondary N) is 2. The van der Waals surface area contributed by atoms with Crippen molar-refractivity contribution in [1.82, 2.24) is 5.32 Å². The molecule has 0 aliphatic carbocycles. The highest BCUT2D eigenvalue weighted by Crippen LogP contribution is 2.23. The molecule has 5 nitrogen and oxygen atoms in total. The highest BCUT2D eigenvalue weighted by Gasteiger charge is 2.13. The van der Waals surface area contributed by atoms with E-state index < -0.39 is 12.5 Å². The Kier molecular flexibility index (Phi) is 7.31. The highest BCUT2D eigenvalue weighted by atomic mass is 35.5. The van der Waals surface area contributed by atoms with Gasteiger partial charge in [-0.3, -0.25) is 9.59 Å². The van der Waals surface area contributed by atoms with Gasteiger partial charge in [0.2, 0.25) is 5.91 Å². The molecular weight excluding hydrogens is 378 g/mol. The molecule has 27 heavy (non-hydrogen) atoms. The van der Waals surface area contributed by atoms with E-state index in [1.165, 1.54) is 36.4 Å². The number of carbonyl (C=O) groups excluding carboxylic acids is 2. The molecule has 0 aliphatic rings. The smallest absolute Gasteiger partial charge is 0.387 e. The molecule has 0 bridgehead atoms. The Bertz CT molecular complexity index is 857. The molecule has 2 amide bonds. The summed E-state index contributed by atoms with van der Waals surface area (Å²) >= 11 is 5.92. The van der Waals surface area contributed by atoms with Crippen LogP contribution < -0.4 is 15.4 Å². The van der Waals surface area contributed by atoms with Gasteiger partial charge in [-0.15, -0.1) is 0 Å². The molecule has 0 unspecified atom stereocenters. The van der Waals surface area contributed by atoms with Crippen LogP contribution in [0.25, 0.3) is 6.08 Å². The minimum atomic E-state index is -2.97. The second kappa shape index (κ2) is 9.68. The number of para-hydroxylation sites is 1. The number of hydrogen-bond donors (Lipinski definition) is 2. The van der Waals surface area contributed by atoms with Crippen LogP contribution in [-0.4, -0.2) is 25.0 Å². The van der Waals surface area contributed by atoms with Crippen molar-refractivity contribution in [3.8, 4) is 5.75 Å². The van der Waals surface area contributed by atoms with Gasteiger partial charge < -0.3 is 15.4 Å². The lowest BCUT2D eigenvalue weighted by molar-refractivity contribution is -0.111. The van der Waals surface area contributed by atoms with Crippen molar-refractivity contribution in [3.63, 3.8) is 0 Å². The van der Waals surface area contributed by atoms with E-state index in [1.54, 1.807) is 19.1 Å². The average molecular weight is 395 g/mol. The second-order valence-electron chi connectivity index (χ2n) is 5.29. The Morgan fingerprint density at radius 1 is 1.22 bits per heavy atom. The molecule has 2 aromatic rings. The zero-order chi connectivity index (χ0) is 19.8. The van der Waals surface area contributed by atoms with Gasteiger partial charge in [-0.2, -0.15) is 8.78 Å². The molecule has 0 aromatic heterocycles. The average Bonchev–Trinajstić information content (AvgIpc) is 2.62. The maximum Gasteiger partial charge on any atom is 0.387 e. The summed E-state index contributed by atoms with van der Waals surface area (Å²) in [6, 6.07) is 10.6. The molecule has 0 aliphatic heterocycles. The third-order valence-corrected chi connectivity index (χ3v) is 3.61. The molecule has 0 atom stereocenters. The number of amides is 2. The predicted molar refractivity (Wildman–Crippen MR) is 100 cm³/mol. The molecule has 142 valence electrons. The third-order valence-electron chi connectivity index (χ3n) is 3.37. The van der Waals surface area contributed by atoms with Crippen LogP contribution in [0.3, 0.4) is 0 Å². The molecule has 2 rings (SSSR count). The van der Waals surface area contributed by atoms with Crippen molar-refractivity contribution in [2.45, 2.75) is 13.5 Å². The number of carbonyl (C=O) groups is 2. The van der Waals surface area contributed by atoms with Gasteiger partial charge in [0.25, 0.3) is 5.91 Å². The number of anilines is 1. The van der Waals surface area contributed by atoms with E-state index in [9.17, 15) is 18.4 Å². The summed E-state index contributed by atoms with van der Waals surface area (Å²) in [6.45, 7) is -0.788. The summed E-state index contributed by atoms with van der Waals surface area (Å²) in [5, 5.41) is 5.55. The molecule has 0 spiro atoms. The maximum atomic E-state index is 12.4. The minimum Gasteiger partial charge on any atom is -0.434 e. The van der Waals surface area contributed by atoms with Crippen molar-refractivity contribution >= 4 is 35.2 Å². The molecule has 2 N–H and O–H groups in total. The first-order chi connectivity index (χ1) is 12.9. The van der Waals surface area contributed by atoms with Gasteiger partial charge in [0.1, 0.15) is 5.75 Å². The molecule has 0 saturated heterocycles. The fourth-order valence-electron chi connectivity index (χ4n) is 2.23. The molecule has 0 radical (unpaired) electrons. The lowest BCUT2D eigenvalue weighted by Crippen LogP contribution is -2.24. The number of alkyl halides is 2. The van der Waals surface area contributed by atoms with Gasteiger partial charge in [-0.25, -0.2) is 0 Å². The van der Waals surface area contributed by atoms with Crippen LogP contribution in [0.2, 0.25) is 5.02 Å². The normalized spacial score (nSPS) is 10.9. The fraction of sp³-hybridized carbons (Fsp3) is 0.158. The number of rotatable bonds is 7. The lowest BCUT2D eigenvalue weighted by atomic mass is 10.1. The summed E-state index contributed by atoms with van der Waals surface area (Å²) in [6.07, 6.45) is 2.50. The highest BCUT2D eigenvalue weighted by molar-refractivity contribution is 6.31. The van der Waals surface area contributed by atoms with Crippen molar-refractivity contribution in [3.05, 3.63) is 64.7 Å². The molecule has 8 heteroatoms. The van der Waals surface area contributed by atoms with E-state index in [2.05, 4.69) is 15.4 Å². The van der Waals surface area contributed by atoms with E-state index in [1.807, 2.05) is 0 Å². The monoisotopic (exact) mass is 394 g/mol. The summed E-state index contributed by atoms with van der Waals surface area (Å²) in [5.74, 6) is -0.976. The van der Waals surface area contributed by atoms with Crippen LogP contribution in [0, 0.1) is 0 Å². The van der Waals surface area contributed by atoms with Crippen molar-refractivity contribution in [2.24, 2.45) is 0 Å².